The van der Waals surface area contributed by atoms with E-state index >= 15 is 0 Å². The molecule has 1 aliphatic heterocycles. The average molecular weight is 426 g/mol. The van der Waals surface area contributed by atoms with Crippen molar-refractivity contribution in [2.45, 2.75) is 19.4 Å². The van der Waals surface area contributed by atoms with Crippen molar-refractivity contribution in [1.82, 2.24) is 20.0 Å². The van der Waals surface area contributed by atoms with E-state index in [9.17, 15) is 0 Å². The second-order valence-electron chi connectivity index (χ2n) is 8.20. The van der Waals surface area contributed by atoms with Crippen molar-refractivity contribution in [2.24, 2.45) is 0 Å². The summed E-state index contributed by atoms with van der Waals surface area (Å²) < 4.78 is 5.69. The molecule has 32 heavy (non-hydrogen) atoms. The van der Waals surface area contributed by atoms with Gasteiger partial charge in [-0.15, -0.1) is 0 Å². The van der Waals surface area contributed by atoms with Gasteiger partial charge in [-0.3, -0.25) is 4.90 Å². The van der Waals surface area contributed by atoms with E-state index in [-0.39, 0.29) is 5.92 Å². The van der Waals surface area contributed by atoms with Gasteiger partial charge in [0.05, 0.1) is 12.5 Å². The first kappa shape index (κ1) is 20.4. The molecule has 0 amide bonds. The van der Waals surface area contributed by atoms with Crippen LogP contribution in [-0.2, 0) is 6.54 Å². The minimum Gasteiger partial charge on any atom is -0.354 e. The van der Waals surface area contributed by atoms with Crippen LogP contribution < -0.4 is 4.90 Å². The number of nitrogens with zero attached hydrogens (tertiary/aromatic N) is 5. The molecule has 0 aliphatic carbocycles. The molecule has 0 N–H and O–H groups in total. The molecule has 6 heteroatoms. The van der Waals surface area contributed by atoms with Crippen LogP contribution in [0.15, 0.2) is 83.4 Å². The molecule has 1 aliphatic rings. The van der Waals surface area contributed by atoms with Crippen LogP contribution in [0.5, 0.6) is 0 Å². The maximum Gasteiger partial charge on any atom is 0.240 e. The van der Waals surface area contributed by atoms with Gasteiger partial charge >= 0.3 is 0 Å². The molecule has 0 unspecified atom stereocenters. The lowest BCUT2D eigenvalue weighted by molar-refractivity contribution is 0.215. The van der Waals surface area contributed by atoms with E-state index in [0.29, 0.717) is 18.3 Å². The fraction of sp³-hybridized carbons (Fsp3) is 0.269. The summed E-state index contributed by atoms with van der Waals surface area (Å²) >= 11 is 0. The molecule has 5 rings (SSSR count). The van der Waals surface area contributed by atoms with Crippen LogP contribution in [-0.4, -0.2) is 46.2 Å². The van der Waals surface area contributed by atoms with Crippen LogP contribution >= 0.6 is 0 Å². The van der Waals surface area contributed by atoms with Gasteiger partial charge in [-0.05, 0) is 30.2 Å². The average Bonchev–Trinajstić information content (AvgIpc) is 3.29. The Bertz CT molecular complexity index is 1100. The molecule has 0 saturated carbocycles. The summed E-state index contributed by atoms with van der Waals surface area (Å²) in [6.45, 7) is 6.45. The van der Waals surface area contributed by atoms with Gasteiger partial charge in [0.15, 0.2) is 5.82 Å². The van der Waals surface area contributed by atoms with Crippen LogP contribution in [0.25, 0.3) is 0 Å². The molecule has 2 aromatic heterocycles. The molecule has 0 radical (unpaired) electrons. The molecule has 0 atom stereocenters. The van der Waals surface area contributed by atoms with Gasteiger partial charge < -0.3 is 9.42 Å². The Balaban J connectivity index is 1.28. The standard InChI is InChI=1S/C26H27N5O/c1-20-9-8-14-23(27-20)31-17-15-30(16-18-31)19-24-28-26(29-32-24)25(21-10-4-2-5-11-21)22-12-6-3-7-13-22/h2-14,25H,15-19H2,1H3. The second kappa shape index (κ2) is 9.32. The van der Waals surface area contributed by atoms with Crippen molar-refractivity contribution in [3.8, 4) is 0 Å². The normalized spacial score (nSPS) is 14.8. The summed E-state index contributed by atoms with van der Waals surface area (Å²) in [6, 6.07) is 26.9. The van der Waals surface area contributed by atoms with E-state index in [1.54, 1.807) is 0 Å². The summed E-state index contributed by atoms with van der Waals surface area (Å²) in [7, 11) is 0. The zero-order chi connectivity index (χ0) is 21.8. The first-order valence-electron chi connectivity index (χ1n) is 11.1. The number of aromatic nitrogens is 3. The second-order valence-corrected chi connectivity index (χ2v) is 8.20. The molecule has 2 aromatic carbocycles. The van der Waals surface area contributed by atoms with Crippen LogP contribution in [0.3, 0.4) is 0 Å². The van der Waals surface area contributed by atoms with Crippen molar-refractivity contribution in [2.75, 3.05) is 31.1 Å². The minimum absolute atomic E-state index is 0.0425. The fourth-order valence-corrected chi connectivity index (χ4v) is 4.26. The van der Waals surface area contributed by atoms with Gasteiger partial charge in [0.2, 0.25) is 5.89 Å². The number of hydrogen-bond acceptors (Lipinski definition) is 6. The predicted molar refractivity (Wildman–Crippen MR) is 125 cm³/mol. The van der Waals surface area contributed by atoms with Crippen LogP contribution in [0, 0.1) is 6.92 Å². The van der Waals surface area contributed by atoms with Gasteiger partial charge in [0.25, 0.3) is 0 Å². The lowest BCUT2D eigenvalue weighted by atomic mass is 9.91. The van der Waals surface area contributed by atoms with Gasteiger partial charge in [0.1, 0.15) is 5.82 Å². The highest BCUT2D eigenvalue weighted by atomic mass is 16.5. The van der Waals surface area contributed by atoms with Crippen molar-refractivity contribution in [3.05, 3.63) is 107 Å². The third-order valence-corrected chi connectivity index (χ3v) is 5.94. The fourth-order valence-electron chi connectivity index (χ4n) is 4.26. The monoisotopic (exact) mass is 425 g/mol. The third-order valence-electron chi connectivity index (χ3n) is 5.94. The Morgan fingerprint density at radius 1 is 0.781 bits per heavy atom. The third kappa shape index (κ3) is 4.55. The highest BCUT2D eigenvalue weighted by molar-refractivity contribution is 5.40. The Morgan fingerprint density at radius 3 is 2.06 bits per heavy atom. The molecule has 0 bridgehead atoms. The number of piperazine rings is 1. The maximum atomic E-state index is 5.69. The smallest absolute Gasteiger partial charge is 0.240 e. The number of hydrogen-bond donors (Lipinski definition) is 0. The minimum atomic E-state index is -0.0425. The lowest BCUT2D eigenvalue weighted by Gasteiger charge is -2.34. The number of aryl methyl sites for hydroxylation is 1. The summed E-state index contributed by atoms with van der Waals surface area (Å²) in [5.74, 6) is 2.39. The zero-order valence-corrected chi connectivity index (χ0v) is 18.3. The zero-order valence-electron chi connectivity index (χ0n) is 18.3. The lowest BCUT2D eigenvalue weighted by Crippen LogP contribution is -2.46. The largest absolute Gasteiger partial charge is 0.354 e. The van der Waals surface area contributed by atoms with E-state index in [2.05, 4.69) is 80.6 Å². The Morgan fingerprint density at radius 2 is 1.44 bits per heavy atom. The quantitative estimate of drug-likeness (QED) is 0.460. The van der Waals surface area contributed by atoms with Crippen LogP contribution in [0.1, 0.15) is 34.5 Å². The summed E-state index contributed by atoms with van der Waals surface area (Å²) in [4.78, 5) is 14.2. The number of rotatable bonds is 6. The van der Waals surface area contributed by atoms with Gasteiger partial charge in [-0.1, -0.05) is 71.9 Å². The SMILES string of the molecule is Cc1cccc(N2CCN(Cc3nc(C(c4ccccc4)c4ccccc4)no3)CC2)n1. The van der Waals surface area contributed by atoms with Crippen LogP contribution in [0.2, 0.25) is 0 Å². The number of anilines is 1. The van der Waals surface area contributed by atoms with E-state index in [1.807, 2.05) is 25.1 Å². The first-order chi connectivity index (χ1) is 15.8. The molecule has 4 aromatic rings. The summed E-state index contributed by atoms with van der Waals surface area (Å²) in [6.07, 6.45) is 0. The molecule has 162 valence electrons. The predicted octanol–water partition coefficient (Wildman–Crippen LogP) is 4.28. The van der Waals surface area contributed by atoms with Gasteiger partial charge in [0, 0.05) is 31.9 Å². The molecule has 1 fully saturated rings. The Hall–Kier alpha value is -3.51. The van der Waals surface area contributed by atoms with E-state index in [4.69, 9.17) is 9.51 Å². The summed E-state index contributed by atoms with van der Waals surface area (Å²) in [5.41, 5.74) is 3.37. The van der Waals surface area contributed by atoms with E-state index in [0.717, 1.165) is 48.8 Å². The number of pyridine rings is 1. The van der Waals surface area contributed by atoms with Crippen molar-refractivity contribution < 1.29 is 4.52 Å². The topological polar surface area (TPSA) is 58.3 Å². The van der Waals surface area contributed by atoms with Crippen molar-refractivity contribution in [3.63, 3.8) is 0 Å². The molecular formula is C26H27N5O. The first-order valence-corrected chi connectivity index (χ1v) is 11.1. The molecule has 3 heterocycles. The Kier molecular flexibility index (Phi) is 5.94. The maximum absolute atomic E-state index is 5.69. The van der Waals surface area contributed by atoms with Crippen LogP contribution in [0.4, 0.5) is 5.82 Å². The molecular weight excluding hydrogens is 398 g/mol. The Labute approximate surface area is 188 Å². The molecule has 0 spiro atoms. The number of benzene rings is 2. The summed E-state index contributed by atoms with van der Waals surface area (Å²) in [5, 5.41) is 4.37. The van der Waals surface area contributed by atoms with E-state index < -0.39 is 0 Å². The van der Waals surface area contributed by atoms with Gasteiger partial charge in [-0.25, -0.2) is 4.98 Å². The highest BCUT2D eigenvalue weighted by Crippen LogP contribution is 2.30. The van der Waals surface area contributed by atoms with E-state index in [1.165, 1.54) is 0 Å². The molecule has 1 saturated heterocycles. The van der Waals surface area contributed by atoms with Crippen molar-refractivity contribution >= 4 is 5.82 Å². The highest BCUT2D eigenvalue weighted by Gasteiger charge is 2.24. The van der Waals surface area contributed by atoms with Crippen molar-refractivity contribution in [1.29, 1.82) is 0 Å². The molecule has 6 nitrogen and oxygen atoms in total. The van der Waals surface area contributed by atoms with Gasteiger partial charge in [-0.2, -0.15) is 4.98 Å².